The van der Waals surface area contributed by atoms with Gasteiger partial charge in [-0.3, -0.25) is 4.90 Å². The molecule has 3 nitrogen and oxygen atoms in total. The van der Waals surface area contributed by atoms with Crippen LogP contribution >= 0.6 is 0 Å². The first-order valence-electron chi connectivity index (χ1n) is 7.67. The molecule has 0 spiro atoms. The highest BCUT2D eigenvalue weighted by atomic mass is 16.5. The van der Waals surface area contributed by atoms with E-state index in [-0.39, 0.29) is 0 Å². The van der Waals surface area contributed by atoms with Crippen molar-refractivity contribution in [1.29, 1.82) is 0 Å². The van der Waals surface area contributed by atoms with Crippen molar-refractivity contribution in [2.75, 3.05) is 33.4 Å². The summed E-state index contributed by atoms with van der Waals surface area (Å²) in [6, 6.07) is 0.620. The van der Waals surface area contributed by atoms with E-state index in [2.05, 4.69) is 11.8 Å². The van der Waals surface area contributed by atoms with Crippen LogP contribution in [0.15, 0.2) is 0 Å². The monoisotopic (exact) mass is 254 g/mol. The average molecular weight is 254 g/mol. The van der Waals surface area contributed by atoms with Crippen LogP contribution in [0.3, 0.4) is 0 Å². The fourth-order valence-corrected chi connectivity index (χ4v) is 4.01. The van der Waals surface area contributed by atoms with Crippen molar-refractivity contribution < 1.29 is 4.74 Å². The molecule has 2 N–H and O–H groups in total. The topological polar surface area (TPSA) is 38.5 Å². The first kappa shape index (κ1) is 14.3. The highest BCUT2D eigenvalue weighted by Crippen LogP contribution is 2.34. The Morgan fingerprint density at radius 2 is 2.17 bits per heavy atom. The van der Waals surface area contributed by atoms with Gasteiger partial charge in [0.15, 0.2) is 0 Å². The third-order valence-corrected chi connectivity index (χ3v) is 4.95. The maximum absolute atomic E-state index is 6.08. The third-order valence-electron chi connectivity index (χ3n) is 4.95. The summed E-state index contributed by atoms with van der Waals surface area (Å²) in [5.74, 6) is 2.46. The van der Waals surface area contributed by atoms with Crippen LogP contribution in [0.4, 0.5) is 0 Å². The molecule has 0 amide bonds. The van der Waals surface area contributed by atoms with Crippen molar-refractivity contribution in [2.24, 2.45) is 23.5 Å². The lowest BCUT2D eigenvalue weighted by atomic mass is 9.78. The van der Waals surface area contributed by atoms with Gasteiger partial charge in [0.1, 0.15) is 0 Å². The van der Waals surface area contributed by atoms with Gasteiger partial charge in [0.25, 0.3) is 0 Å². The van der Waals surface area contributed by atoms with E-state index < -0.39 is 0 Å². The SMILES string of the molecule is COCC1CCN(C(CN)C2CCCC(C)C2)C1. The highest BCUT2D eigenvalue weighted by molar-refractivity contribution is 4.88. The summed E-state index contributed by atoms with van der Waals surface area (Å²) >= 11 is 0. The van der Waals surface area contributed by atoms with Crippen LogP contribution in [0, 0.1) is 17.8 Å². The van der Waals surface area contributed by atoms with Crippen LogP contribution in [0.2, 0.25) is 0 Å². The maximum Gasteiger partial charge on any atom is 0.0503 e. The van der Waals surface area contributed by atoms with E-state index in [1.807, 2.05) is 7.11 Å². The lowest BCUT2D eigenvalue weighted by Crippen LogP contribution is -2.45. The van der Waals surface area contributed by atoms with Gasteiger partial charge in [-0.25, -0.2) is 0 Å². The molecule has 1 aliphatic carbocycles. The summed E-state index contributed by atoms with van der Waals surface area (Å²) in [5, 5.41) is 0. The number of rotatable bonds is 5. The predicted octanol–water partition coefficient (Wildman–Crippen LogP) is 2.11. The van der Waals surface area contributed by atoms with Crippen molar-refractivity contribution >= 4 is 0 Å². The van der Waals surface area contributed by atoms with Gasteiger partial charge in [-0.1, -0.05) is 19.8 Å². The Morgan fingerprint density at radius 1 is 1.33 bits per heavy atom. The van der Waals surface area contributed by atoms with Crippen molar-refractivity contribution in [1.82, 2.24) is 4.90 Å². The van der Waals surface area contributed by atoms with Crippen LogP contribution in [-0.4, -0.2) is 44.3 Å². The van der Waals surface area contributed by atoms with Gasteiger partial charge >= 0.3 is 0 Å². The van der Waals surface area contributed by atoms with E-state index in [0.29, 0.717) is 6.04 Å². The van der Waals surface area contributed by atoms with E-state index in [4.69, 9.17) is 10.5 Å². The zero-order valence-electron chi connectivity index (χ0n) is 12.1. The molecule has 2 rings (SSSR count). The molecule has 4 unspecified atom stereocenters. The second-order valence-corrected chi connectivity index (χ2v) is 6.44. The Morgan fingerprint density at radius 3 is 2.83 bits per heavy atom. The quantitative estimate of drug-likeness (QED) is 0.816. The molecule has 106 valence electrons. The van der Waals surface area contributed by atoms with Crippen molar-refractivity contribution in [3.05, 3.63) is 0 Å². The Bertz CT molecular complexity index is 247. The number of nitrogens with zero attached hydrogens (tertiary/aromatic N) is 1. The lowest BCUT2D eigenvalue weighted by Gasteiger charge is -2.38. The van der Waals surface area contributed by atoms with Gasteiger partial charge in [0.05, 0.1) is 6.61 Å². The molecule has 3 heteroatoms. The second-order valence-electron chi connectivity index (χ2n) is 6.44. The van der Waals surface area contributed by atoms with Crippen LogP contribution in [0.1, 0.15) is 39.0 Å². The van der Waals surface area contributed by atoms with Crippen LogP contribution in [0.5, 0.6) is 0 Å². The fourth-order valence-electron chi connectivity index (χ4n) is 4.01. The summed E-state index contributed by atoms with van der Waals surface area (Å²) in [6.45, 7) is 6.56. The Hall–Kier alpha value is -0.120. The van der Waals surface area contributed by atoms with Crippen molar-refractivity contribution in [3.8, 4) is 0 Å². The van der Waals surface area contributed by atoms with Crippen molar-refractivity contribution in [3.63, 3.8) is 0 Å². The summed E-state index contributed by atoms with van der Waals surface area (Å²) < 4.78 is 5.29. The molecule has 18 heavy (non-hydrogen) atoms. The van der Waals surface area contributed by atoms with E-state index >= 15 is 0 Å². The maximum atomic E-state index is 6.08. The van der Waals surface area contributed by atoms with E-state index in [1.54, 1.807) is 0 Å². The molecular formula is C15H30N2O. The molecule has 0 radical (unpaired) electrons. The van der Waals surface area contributed by atoms with Gasteiger partial charge in [-0.05, 0) is 43.6 Å². The van der Waals surface area contributed by atoms with Gasteiger partial charge in [-0.15, -0.1) is 0 Å². The number of likely N-dealkylation sites (tertiary alicyclic amines) is 1. The number of nitrogens with two attached hydrogens (primary N) is 1. The van der Waals surface area contributed by atoms with E-state index in [0.717, 1.165) is 30.9 Å². The normalized spacial score (nSPS) is 35.8. The Kier molecular flexibility index (Phi) is 5.46. The largest absolute Gasteiger partial charge is 0.384 e. The lowest BCUT2D eigenvalue weighted by molar-refractivity contribution is 0.112. The molecular weight excluding hydrogens is 224 g/mol. The fraction of sp³-hybridized carbons (Fsp3) is 1.00. The Balaban J connectivity index is 1.88. The summed E-state index contributed by atoms with van der Waals surface area (Å²) in [5.41, 5.74) is 6.08. The molecule has 0 aromatic carbocycles. The molecule has 4 atom stereocenters. The summed E-state index contributed by atoms with van der Waals surface area (Å²) in [4.78, 5) is 2.65. The van der Waals surface area contributed by atoms with Crippen LogP contribution in [-0.2, 0) is 4.74 Å². The molecule has 2 aliphatic rings. The minimum Gasteiger partial charge on any atom is -0.384 e. The van der Waals surface area contributed by atoms with Gasteiger partial charge in [0, 0.05) is 26.2 Å². The molecule has 1 saturated heterocycles. The zero-order chi connectivity index (χ0) is 13.0. The summed E-state index contributed by atoms with van der Waals surface area (Å²) in [7, 11) is 1.81. The molecule has 0 bridgehead atoms. The molecule has 1 aliphatic heterocycles. The van der Waals surface area contributed by atoms with E-state index in [9.17, 15) is 0 Å². The summed E-state index contributed by atoms with van der Waals surface area (Å²) in [6.07, 6.45) is 6.87. The third kappa shape index (κ3) is 3.46. The molecule has 1 saturated carbocycles. The second kappa shape index (κ2) is 6.88. The number of ether oxygens (including phenoxy) is 1. The molecule has 2 fully saturated rings. The minimum absolute atomic E-state index is 0.620. The molecule has 0 aromatic rings. The molecule has 1 heterocycles. The smallest absolute Gasteiger partial charge is 0.0503 e. The predicted molar refractivity (Wildman–Crippen MR) is 75.5 cm³/mol. The Labute approximate surface area is 112 Å². The van der Waals surface area contributed by atoms with Crippen LogP contribution < -0.4 is 5.73 Å². The minimum atomic E-state index is 0.620. The number of methoxy groups -OCH3 is 1. The van der Waals surface area contributed by atoms with E-state index in [1.165, 1.54) is 45.2 Å². The molecule has 0 aromatic heterocycles. The number of hydrogen-bond acceptors (Lipinski definition) is 3. The zero-order valence-corrected chi connectivity index (χ0v) is 12.1. The van der Waals surface area contributed by atoms with Crippen LogP contribution in [0.25, 0.3) is 0 Å². The van der Waals surface area contributed by atoms with Crippen molar-refractivity contribution in [2.45, 2.75) is 45.1 Å². The van der Waals surface area contributed by atoms with Gasteiger partial charge in [-0.2, -0.15) is 0 Å². The first-order valence-corrected chi connectivity index (χ1v) is 7.67. The standard InChI is InChI=1S/C15H30N2O/c1-12-4-3-5-14(8-12)15(9-16)17-7-6-13(10-17)11-18-2/h12-15H,3-11,16H2,1-2H3. The number of hydrogen-bond donors (Lipinski definition) is 1. The highest BCUT2D eigenvalue weighted by Gasteiger charge is 2.33. The average Bonchev–Trinajstić information content (AvgIpc) is 2.79. The van der Waals surface area contributed by atoms with Gasteiger partial charge < -0.3 is 10.5 Å². The van der Waals surface area contributed by atoms with Gasteiger partial charge in [0.2, 0.25) is 0 Å². The first-order chi connectivity index (χ1) is 8.74.